The van der Waals surface area contributed by atoms with Gasteiger partial charge in [-0.3, -0.25) is 9.78 Å². The molecule has 0 atom stereocenters. The summed E-state index contributed by atoms with van der Waals surface area (Å²) in [6.07, 6.45) is 2.15. The fourth-order valence-electron chi connectivity index (χ4n) is 4.23. The number of hydrogen-bond donors (Lipinski definition) is 0. The Labute approximate surface area is 215 Å². The van der Waals surface area contributed by atoms with Crippen LogP contribution in [0.25, 0.3) is 33.2 Å². The minimum atomic E-state index is -0.254. The lowest BCUT2D eigenvalue weighted by atomic mass is 9.92. The first kappa shape index (κ1) is 23.6. The molecule has 0 fully saturated rings. The molecule has 5 aromatic rings. The SMILES string of the molecule is COC(=O)Cc1ccc(COc2cccc(-c3c(-c4ccccc4)cnc4c(Cl)cccc34)c2)cc1. The number of carbonyl (C=O) groups is 1. The molecule has 5 heteroatoms. The average Bonchev–Trinajstić information content (AvgIpc) is 2.93. The highest BCUT2D eigenvalue weighted by molar-refractivity contribution is 6.35. The van der Waals surface area contributed by atoms with Crippen molar-refractivity contribution in [2.45, 2.75) is 13.0 Å². The summed E-state index contributed by atoms with van der Waals surface area (Å²) in [5.74, 6) is 0.507. The minimum Gasteiger partial charge on any atom is -0.489 e. The average molecular weight is 494 g/mol. The minimum absolute atomic E-state index is 0.254. The summed E-state index contributed by atoms with van der Waals surface area (Å²) in [4.78, 5) is 16.2. The molecule has 0 radical (unpaired) electrons. The van der Waals surface area contributed by atoms with Crippen molar-refractivity contribution in [3.8, 4) is 28.0 Å². The number of halogens is 1. The van der Waals surface area contributed by atoms with Crippen LogP contribution in [0.3, 0.4) is 0 Å². The Kier molecular flexibility index (Phi) is 6.96. The fourth-order valence-corrected chi connectivity index (χ4v) is 4.46. The van der Waals surface area contributed by atoms with E-state index in [1.807, 2.05) is 79.0 Å². The van der Waals surface area contributed by atoms with Crippen molar-refractivity contribution in [2.75, 3.05) is 7.11 Å². The van der Waals surface area contributed by atoms with Crippen LogP contribution in [0.15, 0.2) is 103 Å². The molecule has 1 aromatic heterocycles. The Morgan fingerprint density at radius 1 is 0.833 bits per heavy atom. The van der Waals surface area contributed by atoms with Crippen LogP contribution in [0, 0.1) is 0 Å². The zero-order valence-corrected chi connectivity index (χ0v) is 20.5. The van der Waals surface area contributed by atoms with E-state index in [0.29, 0.717) is 11.6 Å². The third-order valence-electron chi connectivity index (χ3n) is 6.06. The highest BCUT2D eigenvalue weighted by Crippen LogP contribution is 2.39. The summed E-state index contributed by atoms with van der Waals surface area (Å²) in [5.41, 5.74) is 6.89. The molecule has 36 heavy (non-hydrogen) atoms. The predicted molar refractivity (Wildman–Crippen MR) is 144 cm³/mol. The van der Waals surface area contributed by atoms with Gasteiger partial charge in [0.1, 0.15) is 12.4 Å². The lowest BCUT2D eigenvalue weighted by Crippen LogP contribution is -2.04. The lowest BCUT2D eigenvalue weighted by Gasteiger charge is -2.15. The van der Waals surface area contributed by atoms with E-state index < -0.39 is 0 Å². The maximum absolute atomic E-state index is 11.5. The third kappa shape index (κ3) is 5.09. The quantitative estimate of drug-likeness (QED) is 0.220. The van der Waals surface area contributed by atoms with Gasteiger partial charge >= 0.3 is 5.97 Å². The molecule has 0 saturated heterocycles. The van der Waals surface area contributed by atoms with Crippen molar-refractivity contribution < 1.29 is 14.3 Å². The number of nitrogens with zero attached hydrogens (tertiary/aromatic N) is 1. The van der Waals surface area contributed by atoms with Crippen molar-refractivity contribution in [1.29, 1.82) is 0 Å². The topological polar surface area (TPSA) is 48.4 Å². The van der Waals surface area contributed by atoms with Gasteiger partial charge in [0.25, 0.3) is 0 Å². The van der Waals surface area contributed by atoms with Crippen LogP contribution in [-0.2, 0) is 22.6 Å². The summed E-state index contributed by atoms with van der Waals surface area (Å²) in [6.45, 7) is 0.413. The molecule has 4 nitrogen and oxygen atoms in total. The molecule has 0 aliphatic heterocycles. The van der Waals surface area contributed by atoms with E-state index in [4.69, 9.17) is 21.1 Å². The van der Waals surface area contributed by atoms with E-state index in [2.05, 4.69) is 29.2 Å². The summed E-state index contributed by atoms with van der Waals surface area (Å²) in [5, 5.41) is 1.61. The smallest absolute Gasteiger partial charge is 0.309 e. The van der Waals surface area contributed by atoms with Crippen LogP contribution in [0.4, 0.5) is 0 Å². The normalized spacial score (nSPS) is 10.8. The zero-order valence-electron chi connectivity index (χ0n) is 19.8. The van der Waals surface area contributed by atoms with Gasteiger partial charge in [-0.05, 0) is 40.5 Å². The van der Waals surface area contributed by atoms with Gasteiger partial charge in [-0.15, -0.1) is 0 Å². The number of esters is 1. The zero-order chi connectivity index (χ0) is 24.9. The molecule has 178 valence electrons. The third-order valence-corrected chi connectivity index (χ3v) is 6.37. The molecule has 0 N–H and O–H groups in total. The van der Waals surface area contributed by atoms with Gasteiger partial charge in [0.05, 0.1) is 24.1 Å². The molecule has 0 spiro atoms. The maximum atomic E-state index is 11.5. The number of rotatable bonds is 7. The molecule has 0 saturated carbocycles. The number of aromatic nitrogens is 1. The number of para-hydroxylation sites is 1. The van der Waals surface area contributed by atoms with E-state index in [0.717, 1.165) is 50.0 Å². The first-order valence-corrected chi connectivity index (χ1v) is 12.0. The summed E-state index contributed by atoms with van der Waals surface area (Å²) >= 11 is 6.50. The Morgan fingerprint density at radius 2 is 1.56 bits per heavy atom. The standard InChI is InChI=1S/C31H24ClNO3/c1-35-29(34)17-21-13-15-22(16-14-21)20-36-25-10-5-9-24(18-25)30-26-11-6-12-28(32)31(26)33-19-27(30)23-7-3-2-4-8-23/h2-16,18-19H,17,20H2,1H3. The van der Waals surface area contributed by atoms with E-state index in [1.165, 1.54) is 7.11 Å². The number of methoxy groups -OCH3 is 1. The predicted octanol–water partition coefficient (Wildman–Crippen LogP) is 7.52. The lowest BCUT2D eigenvalue weighted by molar-refractivity contribution is -0.139. The van der Waals surface area contributed by atoms with E-state index in [1.54, 1.807) is 0 Å². The highest BCUT2D eigenvalue weighted by atomic mass is 35.5. The van der Waals surface area contributed by atoms with Gasteiger partial charge in [-0.25, -0.2) is 0 Å². The molecular formula is C31H24ClNO3. The number of pyridine rings is 1. The number of fused-ring (bicyclic) bond motifs is 1. The van der Waals surface area contributed by atoms with Crippen molar-refractivity contribution in [1.82, 2.24) is 4.98 Å². The van der Waals surface area contributed by atoms with Gasteiger partial charge in [0.2, 0.25) is 0 Å². The summed E-state index contributed by atoms with van der Waals surface area (Å²) in [7, 11) is 1.39. The Morgan fingerprint density at radius 3 is 2.33 bits per heavy atom. The Balaban J connectivity index is 1.47. The van der Waals surface area contributed by atoms with E-state index in [9.17, 15) is 4.79 Å². The second-order valence-corrected chi connectivity index (χ2v) is 8.84. The van der Waals surface area contributed by atoms with Gasteiger partial charge in [-0.2, -0.15) is 0 Å². The number of benzene rings is 4. The van der Waals surface area contributed by atoms with Crippen LogP contribution in [0.5, 0.6) is 5.75 Å². The van der Waals surface area contributed by atoms with Gasteiger partial charge in [-0.1, -0.05) is 90.5 Å². The van der Waals surface area contributed by atoms with Gasteiger partial charge in [0, 0.05) is 22.7 Å². The number of hydrogen-bond acceptors (Lipinski definition) is 4. The van der Waals surface area contributed by atoms with E-state index >= 15 is 0 Å². The van der Waals surface area contributed by atoms with Gasteiger partial charge in [0.15, 0.2) is 0 Å². The number of ether oxygens (including phenoxy) is 2. The first-order chi connectivity index (χ1) is 17.6. The molecule has 0 aliphatic carbocycles. The fraction of sp³-hybridized carbons (Fsp3) is 0.0968. The van der Waals surface area contributed by atoms with E-state index in [-0.39, 0.29) is 12.4 Å². The molecule has 0 bridgehead atoms. The van der Waals surface area contributed by atoms with Crippen LogP contribution in [-0.4, -0.2) is 18.1 Å². The monoisotopic (exact) mass is 493 g/mol. The van der Waals surface area contributed by atoms with Crippen LogP contribution in [0.2, 0.25) is 5.02 Å². The van der Waals surface area contributed by atoms with Crippen LogP contribution >= 0.6 is 11.6 Å². The first-order valence-electron chi connectivity index (χ1n) is 11.6. The van der Waals surface area contributed by atoms with Crippen molar-refractivity contribution in [3.63, 3.8) is 0 Å². The molecule has 0 aliphatic rings. The van der Waals surface area contributed by atoms with Crippen LogP contribution in [0.1, 0.15) is 11.1 Å². The van der Waals surface area contributed by atoms with Crippen molar-refractivity contribution in [2.24, 2.45) is 0 Å². The Hall–Kier alpha value is -4.15. The largest absolute Gasteiger partial charge is 0.489 e. The van der Waals surface area contributed by atoms with Crippen LogP contribution < -0.4 is 4.74 Å². The molecule has 0 amide bonds. The Bertz CT molecular complexity index is 1510. The van der Waals surface area contributed by atoms with Gasteiger partial charge < -0.3 is 9.47 Å². The number of carbonyl (C=O) groups excluding carboxylic acids is 1. The molecule has 1 heterocycles. The molecular weight excluding hydrogens is 470 g/mol. The second-order valence-electron chi connectivity index (χ2n) is 8.43. The van der Waals surface area contributed by atoms with Crippen molar-refractivity contribution in [3.05, 3.63) is 119 Å². The summed E-state index contributed by atoms with van der Waals surface area (Å²) < 4.78 is 10.9. The van der Waals surface area contributed by atoms with Crippen molar-refractivity contribution >= 4 is 28.5 Å². The molecule has 4 aromatic carbocycles. The molecule has 5 rings (SSSR count). The summed E-state index contributed by atoms with van der Waals surface area (Å²) in [6, 6.07) is 31.9. The molecule has 0 unspecified atom stereocenters. The maximum Gasteiger partial charge on any atom is 0.309 e. The highest BCUT2D eigenvalue weighted by Gasteiger charge is 2.15. The second kappa shape index (κ2) is 10.6.